The molecule has 0 fully saturated rings. The Morgan fingerprint density at radius 3 is 1.73 bits per heavy atom. The molecule has 3 N–H and O–H groups in total. The van der Waals surface area contributed by atoms with Gasteiger partial charge in [-0.05, 0) is 77.0 Å². The lowest BCUT2D eigenvalue weighted by Gasteiger charge is -2.18. The molecule has 0 saturated heterocycles. The normalized spacial score (nSPS) is 14.2. The summed E-state index contributed by atoms with van der Waals surface area (Å²) in [5.41, 5.74) is 0. The molecule has 0 aromatic carbocycles. The molecule has 9 nitrogen and oxygen atoms in total. The average Bonchev–Trinajstić information content (AvgIpc) is 3.15. The van der Waals surface area contributed by atoms with E-state index in [4.69, 9.17) is 19.3 Å². The third-order valence-corrected chi connectivity index (χ3v) is 8.35. The molecule has 1 unspecified atom stereocenters. The fraction of sp³-hybridized carbons (Fsp3) is 0.556. The lowest BCUT2D eigenvalue weighted by molar-refractivity contribution is -0.161. The first-order chi connectivity index (χ1) is 26.7. The summed E-state index contributed by atoms with van der Waals surface area (Å²) in [6.45, 7) is 3.34. The summed E-state index contributed by atoms with van der Waals surface area (Å²) in [5.74, 6) is -1.08. The molecule has 0 aliphatic carbocycles. The molecule has 0 rings (SSSR count). The van der Waals surface area contributed by atoms with Gasteiger partial charge in [0.2, 0.25) is 0 Å². The number of allylic oxidation sites excluding steroid dienone is 16. The van der Waals surface area contributed by atoms with Gasteiger partial charge in [-0.15, -0.1) is 0 Å². The SMILES string of the molecule is CC/C=C\CC(O)/C=C/C=C/C/C=C\C/C=C\C/C=C\CCC(=O)OC[C@H](COP(=O)(O)O)OC(=O)CCC/C=C\C/C=C\C/C=C\CCCCCCCC. The minimum atomic E-state index is -4.80. The summed E-state index contributed by atoms with van der Waals surface area (Å²) < 4.78 is 26.2. The Balaban J connectivity index is 4.22. The fourth-order valence-electron chi connectivity index (χ4n) is 4.85. The highest BCUT2D eigenvalue weighted by atomic mass is 31.2. The number of unbranched alkanes of at least 4 members (excludes halogenated alkanes) is 7. The minimum Gasteiger partial charge on any atom is -0.462 e. The third kappa shape index (κ3) is 41.7. The van der Waals surface area contributed by atoms with E-state index >= 15 is 0 Å². The smallest absolute Gasteiger partial charge is 0.462 e. The van der Waals surface area contributed by atoms with Crippen LogP contribution in [-0.4, -0.2) is 52.3 Å². The van der Waals surface area contributed by atoms with Crippen molar-refractivity contribution in [2.45, 2.75) is 148 Å². The summed E-state index contributed by atoms with van der Waals surface area (Å²) in [6.07, 6.45) is 51.6. The van der Waals surface area contributed by atoms with Gasteiger partial charge in [-0.2, -0.15) is 0 Å². The monoisotopic (exact) mass is 786 g/mol. The molecule has 0 spiro atoms. The van der Waals surface area contributed by atoms with E-state index in [1.54, 1.807) is 6.08 Å². The van der Waals surface area contributed by atoms with E-state index in [0.717, 1.165) is 44.9 Å². The molecule has 0 aromatic rings. The fourth-order valence-corrected chi connectivity index (χ4v) is 5.21. The zero-order valence-corrected chi connectivity index (χ0v) is 34.5. The van der Waals surface area contributed by atoms with Crippen molar-refractivity contribution in [3.8, 4) is 0 Å². The van der Waals surface area contributed by atoms with E-state index in [9.17, 15) is 19.3 Å². The number of rotatable bonds is 35. The molecule has 10 heteroatoms. The highest BCUT2D eigenvalue weighted by molar-refractivity contribution is 7.46. The molecule has 0 amide bonds. The van der Waals surface area contributed by atoms with Crippen LogP contribution < -0.4 is 0 Å². The van der Waals surface area contributed by atoms with Crippen LogP contribution in [0.1, 0.15) is 136 Å². The third-order valence-electron chi connectivity index (χ3n) is 7.87. The van der Waals surface area contributed by atoms with Crippen LogP contribution in [0.4, 0.5) is 0 Å². The lowest BCUT2D eigenvalue weighted by atomic mass is 10.1. The molecular formula is C45H71O9P. The van der Waals surface area contributed by atoms with Gasteiger partial charge in [0, 0.05) is 12.8 Å². The zero-order chi connectivity index (χ0) is 40.5. The summed E-state index contributed by atoms with van der Waals surface area (Å²) >= 11 is 0. The topological polar surface area (TPSA) is 140 Å². The lowest BCUT2D eigenvalue weighted by Crippen LogP contribution is -2.29. The van der Waals surface area contributed by atoms with Crippen molar-refractivity contribution < 1.29 is 43.0 Å². The quantitative estimate of drug-likeness (QED) is 0.0188. The van der Waals surface area contributed by atoms with Crippen LogP contribution in [0.3, 0.4) is 0 Å². The van der Waals surface area contributed by atoms with E-state index in [2.05, 4.69) is 60.9 Å². The largest absolute Gasteiger partial charge is 0.469 e. The van der Waals surface area contributed by atoms with E-state index in [1.807, 2.05) is 60.8 Å². The first kappa shape index (κ1) is 51.7. The summed E-state index contributed by atoms with van der Waals surface area (Å²) in [7, 11) is -4.80. The maximum absolute atomic E-state index is 12.4. The number of aliphatic hydroxyl groups excluding tert-OH is 1. The Labute approximate surface area is 332 Å². The number of phosphoric ester groups is 1. The number of aliphatic hydroxyl groups is 1. The minimum absolute atomic E-state index is 0.109. The van der Waals surface area contributed by atoms with Crippen LogP contribution in [0.25, 0.3) is 0 Å². The van der Waals surface area contributed by atoms with Gasteiger partial charge in [0.1, 0.15) is 6.61 Å². The second-order valence-electron chi connectivity index (χ2n) is 13.1. The standard InChI is InChI=1S/C45H71O9P/c1-3-5-7-8-9-10-11-12-13-14-15-18-22-25-28-31-35-39-45(48)54-43(41-53-55(49,50)51)40-52-44(47)38-34-30-27-24-21-19-16-17-20-23-26-29-33-37-42(46)36-32-6-4-2/h6,12-13,15,17-21,25-30,32-33,37,42-43,46H,3-5,7-11,14,16,22-24,31,34-36,38-41H2,1-2H3,(H2,49,50,51)/b13-12-,18-15-,20-17-,21-19-,28-25-,29-26+,30-27-,32-6-,37-33+/t42?,43-/m1/s1. The van der Waals surface area contributed by atoms with Crippen molar-refractivity contribution in [3.05, 3.63) is 109 Å². The maximum Gasteiger partial charge on any atom is 0.469 e. The molecule has 310 valence electrons. The molecule has 2 atom stereocenters. The van der Waals surface area contributed by atoms with E-state index in [-0.39, 0.29) is 19.4 Å². The Morgan fingerprint density at radius 1 is 0.582 bits per heavy atom. The van der Waals surface area contributed by atoms with Crippen molar-refractivity contribution in [1.29, 1.82) is 0 Å². The second kappa shape index (κ2) is 38.9. The molecule has 55 heavy (non-hydrogen) atoms. The number of phosphoric acid groups is 1. The van der Waals surface area contributed by atoms with Crippen LogP contribution in [0.15, 0.2) is 109 Å². The van der Waals surface area contributed by atoms with E-state index < -0.39 is 38.6 Å². The molecule has 0 aliphatic heterocycles. The first-order valence-electron chi connectivity index (χ1n) is 20.3. The van der Waals surface area contributed by atoms with Gasteiger partial charge in [0.25, 0.3) is 0 Å². The Kier molecular flexibility index (Phi) is 36.6. The van der Waals surface area contributed by atoms with Crippen LogP contribution >= 0.6 is 7.82 Å². The number of hydrogen-bond donors (Lipinski definition) is 3. The van der Waals surface area contributed by atoms with E-state index in [0.29, 0.717) is 25.7 Å². The predicted molar refractivity (Wildman–Crippen MR) is 226 cm³/mol. The highest BCUT2D eigenvalue weighted by Gasteiger charge is 2.22. The Morgan fingerprint density at radius 2 is 1.13 bits per heavy atom. The molecule has 0 aliphatic rings. The van der Waals surface area contributed by atoms with Crippen molar-refractivity contribution in [1.82, 2.24) is 0 Å². The number of esters is 2. The molecule has 0 aromatic heterocycles. The average molecular weight is 787 g/mol. The van der Waals surface area contributed by atoms with Gasteiger partial charge in [-0.3, -0.25) is 14.1 Å². The van der Waals surface area contributed by atoms with Crippen molar-refractivity contribution in [3.63, 3.8) is 0 Å². The van der Waals surface area contributed by atoms with Crippen LogP contribution in [0, 0.1) is 0 Å². The van der Waals surface area contributed by atoms with Crippen LogP contribution in [0.5, 0.6) is 0 Å². The van der Waals surface area contributed by atoms with Gasteiger partial charge in [0.05, 0.1) is 12.7 Å². The van der Waals surface area contributed by atoms with Gasteiger partial charge in [-0.25, -0.2) is 4.57 Å². The Hall–Kier alpha value is -3.33. The molecule has 0 bridgehead atoms. The number of ether oxygens (including phenoxy) is 2. The summed E-state index contributed by atoms with van der Waals surface area (Å²) in [6, 6.07) is 0. The second-order valence-corrected chi connectivity index (χ2v) is 14.3. The van der Waals surface area contributed by atoms with Crippen LogP contribution in [-0.2, 0) is 28.2 Å². The van der Waals surface area contributed by atoms with Crippen molar-refractivity contribution in [2.75, 3.05) is 13.2 Å². The Bertz CT molecular complexity index is 1270. The molecule has 0 radical (unpaired) electrons. The number of hydrogen-bond acceptors (Lipinski definition) is 7. The molecule has 0 heterocycles. The molecular weight excluding hydrogens is 715 g/mol. The van der Waals surface area contributed by atoms with E-state index in [1.165, 1.54) is 38.5 Å². The van der Waals surface area contributed by atoms with Crippen molar-refractivity contribution in [2.24, 2.45) is 0 Å². The first-order valence-corrected chi connectivity index (χ1v) is 21.8. The van der Waals surface area contributed by atoms with Gasteiger partial charge in [0.15, 0.2) is 6.10 Å². The summed E-state index contributed by atoms with van der Waals surface area (Å²) in [5, 5.41) is 9.81. The molecule has 0 saturated carbocycles. The maximum atomic E-state index is 12.4. The predicted octanol–water partition coefficient (Wildman–Crippen LogP) is 11.4. The van der Waals surface area contributed by atoms with Gasteiger partial charge < -0.3 is 24.4 Å². The van der Waals surface area contributed by atoms with Gasteiger partial charge >= 0.3 is 19.8 Å². The van der Waals surface area contributed by atoms with Crippen molar-refractivity contribution >= 4 is 19.8 Å². The zero-order valence-electron chi connectivity index (χ0n) is 33.6. The van der Waals surface area contributed by atoms with Gasteiger partial charge in [-0.1, -0.05) is 155 Å². The number of carbonyl (C=O) groups is 2. The highest BCUT2D eigenvalue weighted by Crippen LogP contribution is 2.35. The van der Waals surface area contributed by atoms with Crippen LogP contribution in [0.2, 0.25) is 0 Å². The number of carbonyl (C=O) groups excluding carboxylic acids is 2. The summed E-state index contributed by atoms with van der Waals surface area (Å²) in [4.78, 5) is 42.7.